The van der Waals surface area contributed by atoms with Gasteiger partial charge in [0.2, 0.25) is 0 Å². The number of oxime groups is 1. The third-order valence-corrected chi connectivity index (χ3v) is 0.811. The summed E-state index contributed by atoms with van der Waals surface area (Å²) in [5.74, 6) is -0.350. The Hall–Kier alpha value is -0.172. The Morgan fingerprint density at radius 3 is 2.43 bits per heavy atom. The molecule has 0 aliphatic rings. The van der Waals surface area contributed by atoms with E-state index >= 15 is 0 Å². The Kier molecular flexibility index (Phi) is 3.90. The molecule has 0 aliphatic heterocycles. The SMILES string of the molecule is ON=C(O)C=[CH][SbH]. The minimum atomic E-state index is -0.350. The third-order valence-electron chi connectivity index (χ3n) is 0.335. The molecule has 0 spiro atoms. The van der Waals surface area contributed by atoms with Crippen molar-refractivity contribution in [3.8, 4) is 0 Å². The molecule has 1 radical (unpaired) electrons. The topological polar surface area (TPSA) is 52.8 Å². The van der Waals surface area contributed by atoms with Crippen LogP contribution in [0.1, 0.15) is 0 Å². The molecule has 7 heavy (non-hydrogen) atoms. The zero-order chi connectivity index (χ0) is 5.70. The first-order chi connectivity index (χ1) is 3.31. The van der Waals surface area contributed by atoms with Crippen LogP contribution in [0.25, 0.3) is 0 Å². The first-order valence-corrected chi connectivity index (χ1v) is 3.21. The van der Waals surface area contributed by atoms with Crippen LogP contribution >= 0.6 is 0 Å². The Morgan fingerprint density at radius 2 is 2.29 bits per heavy atom. The number of rotatable bonds is 1. The maximum absolute atomic E-state index is 8.29. The number of hydrogen-bond acceptors (Lipinski definition) is 2. The fourth-order valence-electron chi connectivity index (χ4n) is 0.108. The van der Waals surface area contributed by atoms with Crippen LogP contribution in [0.5, 0.6) is 0 Å². The summed E-state index contributed by atoms with van der Waals surface area (Å²) < 4.78 is 1.65. The summed E-state index contributed by atoms with van der Waals surface area (Å²) in [6.45, 7) is 0. The quantitative estimate of drug-likeness (QED) is 0.205. The van der Waals surface area contributed by atoms with Crippen LogP contribution in [0.4, 0.5) is 0 Å². The molecule has 0 aromatic rings. The van der Waals surface area contributed by atoms with Crippen LogP contribution in [-0.4, -0.2) is 39.2 Å². The molecule has 3 nitrogen and oxygen atoms in total. The Labute approximate surface area is 54.8 Å². The van der Waals surface area contributed by atoms with Crippen molar-refractivity contribution in [3.63, 3.8) is 0 Å². The second-order valence-corrected chi connectivity index (χ2v) is 1.74. The summed E-state index contributed by atoms with van der Waals surface area (Å²) in [5, 5.41) is 18.5. The van der Waals surface area contributed by atoms with Crippen molar-refractivity contribution in [2.45, 2.75) is 0 Å². The minimum absolute atomic E-state index is 0.350. The molecule has 0 fully saturated rings. The molecule has 0 saturated heterocycles. The number of nitrogens with zero attached hydrogens (tertiary/aromatic N) is 1. The van der Waals surface area contributed by atoms with Crippen molar-refractivity contribution in [2.75, 3.05) is 0 Å². The molecule has 0 aliphatic carbocycles. The molecule has 39 valence electrons. The summed E-state index contributed by atoms with van der Waals surface area (Å²) >= 11 is 1.16. The van der Waals surface area contributed by atoms with E-state index in [0.29, 0.717) is 0 Å². The van der Waals surface area contributed by atoms with Crippen molar-refractivity contribution in [1.82, 2.24) is 0 Å². The van der Waals surface area contributed by atoms with E-state index < -0.39 is 0 Å². The van der Waals surface area contributed by atoms with Crippen LogP contribution in [0.3, 0.4) is 0 Å². The van der Waals surface area contributed by atoms with E-state index in [-0.39, 0.29) is 5.90 Å². The van der Waals surface area contributed by atoms with Crippen LogP contribution in [-0.2, 0) is 0 Å². The molecule has 0 aromatic heterocycles. The van der Waals surface area contributed by atoms with Gasteiger partial charge in [-0.2, -0.15) is 0 Å². The number of aliphatic hydroxyl groups excluding tert-OH is 1. The number of aliphatic hydroxyl groups is 1. The van der Waals surface area contributed by atoms with Gasteiger partial charge in [0, 0.05) is 0 Å². The third kappa shape index (κ3) is 3.66. The van der Waals surface area contributed by atoms with Crippen LogP contribution < -0.4 is 0 Å². The first-order valence-electron chi connectivity index (χ1n) is 1.56. The van der Waals surface area contributed by atoms with E-state index in [0.717, 1.165) is 23.0 Å². The summed E-state index contributed by atoms with van der Waals surface area (Å²) in [4.78, 5) is 0. The summed E-state index contributed by atoms with van der Waals surface area (Å²) in [7, 11) is 0. The number of hydrogen-bond donors (Lipinski definition) is 2. The zero-order valence-corrected chi connectivity index (χ0v) is 6.35. The van der Waals surface area contributed by atoms with Gasteiger partial charge >= 0.3 is 54.5 Å². The Morgan fingerprint density at radius 1 is 1.71 bits per heavy atom. The van der Waals surface area contributed by atoms with Gasteiger partial charge in [0.15, 0.2) is 0 Å². The van der Waals surface area contributed by atoms with Gasteiger partial charge in [0.05, 0.1) is 0 Å². The van der Waals surface area contributed by atoms with E-state index in [4.69, 9.17) is 10.3 Å². The van der Waals surface area contributed by atoms with Gasteiger partial charge < -0.3 is 0 Å². The predicted octanol–water partition coefficient (Wildman–Crippen LogP) is -0.253. The van der Waals surface area contributed by atoms with E-state index in [9.17, 15) is 0 Å². The van der Waals surface area contributed by atoms with E-state index in [1.54, 1.807) is 4.02 Å². The van der Waals surface area contributed by atoms with Gasteiger partial charge in [-0.25, -0.2) is 0 Å². The summed E-state index contributed by atoms with van der Waals surface area (Å²) in [5.41, 5.74) is 0. The molecule has 0 heterocycles. The van der Waals surface area contributed by atoms with Crippen molar-refractivity contribution in [3.05, 3.63) is 10.1 Å². The van der Waals surface area contributed by atoms with Gasteiger partial charge in [-0.1, -0.05) is 0 Å². The molecule has 0 atom stereocenters. The van der Waals surface area contributed by atoms with Gasteiger partial charge in [-0.05, 0) is 0 Å². The van der Waals surface area contributed by atoms with Gasteiger partial charge in [0.25, 0.3) is 0 Å². The Balaban J connectivity index is 3.58. The molecule has 0 unspecified atom stereocenters. The second-order valence-electron chi connectivity index (χ2n) is 0.792. The molecule has 0 rings (SSSR count). The van der Waals surface area contributed by atoms with E-state index in [1.807, 2.05) is 0 Å². The average molecular weight is 209 g/mol. The van der Waals surface area contributed by atoms with Gasteiger partial charge in [-0.3, -0.25) is 0 Å². The molecule has 0 saturated carbocycles. The molecular formula is C3H5NO2Sb. The average Bonchev–Trinajstić information content (AvgIpc) is 1.68. The maximum atomic E-state index is 8.29. The second kappa shape index (κ2) is 4.00. The fourth-order valence-corrected chi connectivity index (χ4v) is 0.533. The normalized spacial score (nSPS) is 13.0. The molecule has 2 N–H and O–H groups in total. The summed E-state index contributed by atoms with van der Waals surface area (Å²) in [6, 6.07) is 0. The van der Waals surface area contributed by atoms with Gasteiger partial charge in [-0.15, -0.1) is 0 Å². The fraction of sp³-hybridized carbons (Fsp3) is 0. The predicted molar refractivity (Wildman–Crippen MR) is 28.1 cm³/mol. The summed E-state index contributed by atoms with van der Waals surface area (Å²) in [6.07, 6.45) is 1.32. The van der Waals surface area contributed by atoms with Crippen LogP contribution in [0.2, 0.25) is 0 Å². The van der Waals surface area contributed by atoms with Crippen molar-refractivity contribution in [2.24, 2.45) is 5.16 Å². The van der Waals surface area contributed by atoms with Crippen molar-refractivity contribution < 1.29 is 10.3 Å². The molecular weight excluding hydrogens is 204 g/mol. The molecule has 4 heteroatoms. The van der Waals surface area contributed by atoms with E-state index in [2.05, 4.69) is 5.16 Å². The molecule has 0 amide bonds. The Bertz CT molecular complexity index is 99.1. The van der Waals surface area contributed by atoms with Crippen LogP contribution in [0, 0.1) is 0 Å². The van der Waals surface area contributed by atoms with E-state index in [1.165, 1.54) is 6.08 Å². The molecule has 0 aromatic carbocycles. The van der Waals surface area contributed by atoms with Crippen molar-refractivity contribution in [1.29, 1.82) is 0 Å². The zero-order valence-electron chi connectivity index (χ0n) is 3.50. The molecule has 0 bridgehead atoms. The van der Waals surface area contributed by atoms with Crippen molar-refractivity contribution >= 4 is 28.9 Å². The standard InChI is InChI=1S/C3H4NO2.Sb.H/c1-2-3(5)4-6;;/h1-2,6H,(H,4,5);;. The first kappa shape index (κ1) is 6.83. The monoisotopic (exact) mass is 208 g/mol. The van der Waals surface area contributed by atoms with Gasteiger partial charge in [0.1, 0.15) is 0 Å². The van der Waals surface area contributed by atoms with Crippen LogP contribution in [0.15, 0.2) is 15.3 Å².